The molecule has 6 atom stereocenters. The lowest BCUT2D eigenvalue weighted by Crippen LogP contribution is -2.45. The van der Waals surface area contributed by atoms with Crippen LogP contribution in [-0.2, 0) is 22.9 Å². The van der Waals surface area contributed by atoms with Gasteiger partial charge < -0.3 is 14.9 Å². The highest BCUT2D eigenvalue weighted by atomic mass is 35.5. The minimum Gasteiger partial charge on any atom is -0.387 e. The Morgan fingerprint density at radius 1 is 1.31 bits per heavy atom. The number of H-pyrrole nitrogens is 1. The van der Waals surface area contributed by atoms with Gasteiger partial charge in [0.1, 0.15) is 12.2 Å². The topological polar surface area (TPSA) is 198 Å². The molecule has 0 aliphatic carbocycles. The van der Waals surface area contributed by atoms with E-state index >= 15 is 0 Å². The van der Waals surface area contributed by atoms with Crippen molar-refractivity contribution in [3.05, 3.63) is 77.4 Å². The quantitative estimate of drug-likeness (QED) is 0.209. The number of hydrogen-bond donors (Lipinski definition) is 3. The summed E-state index contributed by atoms with van der Waals surface area (Å²) in [4.78, 5) is 28.0. The number of azide groups is 1. The van der Waals surface area contributed by atoms with Crippen molar-refractivity contribution >= 4 is 31.0 Å². The molecule has 0 bridgehead atoms. The fourth-order valence-electron chi connectivity index (χ4n) is 3.69. The molecule has 3 heterocycles. The van der Waals surface area contributed by atoms with Gasteiger partial charge in [-0.1, -0.05) is 34.4 Å². The van der Waals surface area contributed by atoms with Crippen molar-refractivity contribution in [3.63, 3.8) is 0 Å². The van der Waals surface area contributed by atoms with E-state index in [0.29, 0.717) is 5.56 Å². The second-order valence-corrected chi connectivity index (χ2v) is 10.0. The molecule has 0 spiro atoms. The highest BCUT2D eigenvalue weighted by Gasteiger charge is 2.56. The Morgan fingerprint density at radius 3 is 2.69 bits per heavy atom. The summed E-state index contributed by atoms with van der Waals surface area (Å²) in [7, 11) is -4.34. The minimum atomic E-state index is -4.34. The monoisotopic (exact) mass is 549 g/mol. The zero-order chi connectivity index (χ0) is 25.4. The fourth-order valence-corrected chi connectivity index (χ4v) is 5.72. The third-order valence-corrected chi connectivity index (χ3v) is 7.49. The molecule has 2 aromatic rings. The van der Waals surface area contributed by atoms with Crippen LogP contribution in [-0.4, -0.2) is 50.9 Å². The van der Waals surface area contributed by atoms with E-state index in [9.17, 15) is 24.4 Å². The Bertz CT molecular complexity index is 1310. The molecule has 2 aliphatic rings. The van der Waals surface area contributed by atoms with Crippen LogP contribution in [0.25, 0.3) is 10.4 Å². The van der Waals surface area contributed by atoms with Gasteiger partial charge in [-0.3, -0.25) is 27.9 Å². The average molecular weight is 550 g/mol. The number of rotatable bonds is 6. The Kier molecular flexibility index (Phi) is 7.41. The molecule has 2 unspecified atom stereocenters. The molecular weight excluding hydrogens is 532 g/mol. The highest BCUT2D eigenvalue weighted by Crippen LogP contribution is 2.59. The van der Waals surface area contributed by atoms with Crippen molar-refractivity contribution in [2.45, 2.75) is 36.7 Å². The molecular formula is C18H18Cl2N5O9P. The van der Waals surface area contributed by atoms with Crippen LogP contribution in [0.5, 0.6) is 0 Å². The second kappa shape index (κ2) is 10.0. The fraction of sp³-hybridized carbons (Fsp3) is 0.444. The normalized spacial score (nSPS) is 32.8. The van der Waals surface area contributed by atoms with Gasteiger partial charge in [-0.05, 0) is 17.7 Å². The molecule has 3 N–H and O–H groups in total. The van der Waals surface area contributed by atoms with E-state index in [2.05, 4.69) is 10.0 Å². The van der Waals surface area contributed by atoms with E-state index in [0.717, 1.165) is 16.8 Å². The van der Waals surface area contributed by atoms with Crippen LogP contribution in [0.3, 0.4) is 0 Å². The lowest BCUT2D eigenvalue weighted by molar-refractivity contribution is -0.127. The Hall–Kier alpha value is -2.22. The first-order valence-electron chi connectivity index (χ1n) is 10.0. The third-order valence-electron chi connectivity index (χ3n) is 5.38. The van der Waals surface area contributed by atoms with Crippen LogP contribution < -0.4 is 11.2 Å². The predicted molar refractivity (Wildman–Crippen MR) is 120 cm³/mol. The zero-order valence-electron chi connectivity index (χ0n) is 17.6. The van der Waals surface area contributed by atoms with E-state index in [1.807, 2.05) is 4.98 Å². The third kappa shape index (κ3) is 5.04. The standard InChI is InChI=1S/C18H18Cl2N5O9P/c19-9-2-1-3-10(20)13(9)11-5-7-31-35(30,34-11)32-8-18(23-24-21)15(28)14(27)16(33-18)25-6-4-12(26)22-17(25)29/h1-4,6,11,14-16,27-28H,5,7-8H2,(H,22,26,29)/t11-,14+,15-,16?,18+,35?/m0/s1. The Morgan fingerprint density at radius 2 is 2.03 bits per heavy atom. The molecule has 17 heteroatoms. The van der Waals surface area contributed by atoms with Crippen LogP contribution in [0.1, 0.15) is 24.3 Å². The average Bonchev–Trinajstić information content (AvgIpc) is 3.04. The van der Waals surface area contributed by atoms with E-state index in [1.54, 1.807) is 18.2 Å². The van der Waals surface area contributed by atoms with E-state index in [1.165, 1.54) is 0 Å². The van der Waals surface area contributed by atoms with E-state index < -0.39 is 55.9 Å². The van der Waals surface area contributed by atoms with Crippen LogP contribution >= 0.6 is 31.0 Å². The summed E-state index contributed by atoms with van der Waals surface area (Å²) in [5.41, 5.74) is 5.42. The van der Waals surface area contributed by atoms with Crippen molar-refractivity contribution < 1.29 is 33.1 Å². The first-order valence-corrected chi connectivity index (χ1v) is 12.2. The molecule has 4 rings (SSSR count). The van der Waals surface area contributed by atoms with Crippen molar-refractivity contribution in [1.82, 2.24) is 9.55 Å². The lowest BCUT2D eigenvalue weighted by Gasteiger charge is -2.32. The second-order valence-electron chi connectivity index (χ2n) is 7.57. The number of aromatic amines is 1. The Balaban J connectivity index is 1.57. The maximum absolute atomic E-state index is 13.2. The van der Waals surface area contributed by atoms with Gasteiger partial charge in [0.2, 0.25) is 5.72 Å². The van der Waals surface area contributed by atoms with Crippen molar-refractivity contribution in [2.24, 2.45) is 5.11 Å². The first-order chi connectivity index (χ1) is 16.6. The number of nitrogens with one attached hydrogen (secondary N) is 1. The number of phosphoric acid groups is 1. The molecule has 35 heavy (non-hydrogen) atoms. The van der Waals surface area contributed by atoms with Gasteiger partial charge in [0.05, 0.1) is 19.3 Å². The molecule has 2 fully saturated rings. The number of ether oxygens (including phenoxy) is 1. The first kappa shape index (κ1) is 25.9. The maximum Gasteiger partial charge on any atom is 0.475 e. The van der Waals surface area contributed by atoms with E-state index in [-0.39, 0.29) is 23.1 Å². The number of nitrogens with zero attached hydrogens (tertiary/aromatic N) is 4. The highest BCUT2D eigenvalue weighted by molar-refractivity contribution is 7.48. The summed E-state index contributed by atoms with van der Waals surface area (Å²) >= 11 is 12.4. The molecule has 0 radical (unpaired) electrons. The van der Waals surface area contributed by atoms with Gasteiger partial charge in [0, 0.05) is 39.2 Å². The van der Waals surface area contributed by atoms with Crippen molar-refractivity contribution in [3.8, 4) is 0 Å². The van der Waals surface area contributed by atoms with E-state index in [4.69, 9.17) is 47.0 Å². The summed E-state index contributed by atoms with van der Waals surface area (Å²) in [6.45, 7) is -0.969. The SMILES string of the molecule is [N-]=[N+]=N[C@]1(COP2(=O)OCC[C@@H](c3c(Cl)cccc3Cl)O2)OC(n2ccc(=O)[nH]c2=O)[C@H](O)[C@@H]1O. The van der Waals surface area contributed by atoms with Crippen LogP contribution in [0.2, 0.25) is 10.0 Å². The summed E-state index contributed by atoms with van der Waals surface area (Å²) in [5, 5.41) is 25.0. The predicted octanol–water partition coefficient (Wildman–Crippen LogP) is 2.40. The van der Waals surface area contributed by atoms with Crippen molar-refractivity contribution in [2.75, 3.05) is 13.2 Å². The number of halogens is 2. The number of benzene rings is 1. The molecule has 14 nitrogen and oxygen atoms in total. The summed E-state index contributed by atoms with van der Waals surface area (Å²) in [6.07, 6.45) is -4.94. The summed E-state index contributed by atoms with van der Waals surface area (Å²) < 4.78 is 35.5. The molecule has 188 valence electrons. The summed E-state index contributed by atoms with van der Waals surface area (Å²) in [6, 6.07) is 5.76. The van der Waals surface area contributed by atoms with Gasteiger partial charge in [-0.2, -0.15) is 0 Å². The number of phosphoric ester groups is 1. The van der Waals surface area contributed by atoms with Gasteiger partial charge in [-0.25, -0.2) is 9.36 Å². The van der Waals surface area contributed by atoms with Gasteiger partial charge in [0.15, 0.2) is 6.23 Å². The molecule has 1 aromatic carbocycles. The largest absolute Gasteiger partial charge is 0.475 e. The zero-order valence-corrected chi connectivity index (χ0v) is 20.0. The number of aliphatic hydroxyl groups excluding tert-OH is 2. The smallest absolute Gasteiger partial charge is 0.387 e. The maximum atomic E-state index is 13.2. The van der Waals surface area contributed by atoms with Crippen LogP contribution in [0.4, 0.5) is 0 Å². The lowest BCUT2D eigenvalue weighted by atomic mass is 10.1. The van der Waals surface area contributed by atoms with Crippen molar-refractivity contribution in [1.29, 1.82) is 0 Å². The molecule has 0 saturated carbocycles. The minimum absolute atomic E-state index is 0.0700. The molecule has 0 amide bonds. The number of aliphatic hydroxyl groups is 2. The number of hydrogen-bond acceptors (Lipinski definition) is 10. The Labute approximate surface area is 206 Å². The van der Waals surface area contributed by atoms with Crippen LogP contribution in [0.15, 0.2) is 45.2 Å². The molecule has 2 saturated heterocycles. The molecule has 1 aromatic heterocycles. The summed E-state index contributed by atoms with van der Waals surface area (Å²) in [5.74, 6) is 0. The van der Waals surface area contributed by atoms with Crippen LogP contribution in [0, 0.1) is 0 Å². The van der Waals surface area contributed by atoms with Gasteiger partial charge in [0.25, 0.3) is 5.56 Å². The molecule has 2 aliphatic heterocycles. The van der Waals surface area contributed by atoms with Gasteiger partial charge >= 0.3 is 13.5 Å². The number of aromatic nitrogens is 2. The van der Waals surface area contributed by atoms with Gasteiger partial charge in [-0.15, -0.1) is 0 Å².